The van der Waals surface area contributed by atoms with Crippen molar-refractivity contribution in [3.63, 3.8) is 0 Å². The number of carbonyl (C=O) groups is 3. The number of ether oxygens (including phenoxy) is 2. The number of anilines is 1. The number of imide groups is 2. The highest BCUT2D eigenvalue weighted by Crippen LogP contribution is 2.31. The standard InChI is InChI=1S/C25H18Cl2N2O5/c1-33-22-13-15(6-11-21(22)34-14-16-4-2-3-5-20(16)27)12-19-23(30)28-25(32)29(24(19)31)18-9-7-17(26)8-10-18/h2-13H,14H2,1H3,(H,28,30,32)/b19-12-. The van der Waals surface area contributed by atoms with Gasteiger partial charge in [0, 0.05) is 15.6 Å². The number of urea groups is 1. The lowest BCUT2D eigenvalue weighted by molar-refractivity contribution is -0.122. The molecule has 0 atom stereocenters. The largest absolute Gasteiger partial charge is 0.493 e. The number of barbiturate groups is 1. The fraction of sp³-hybridized carbons (Fsp3) is 0.0800. The zero-order chi connectivity index (χ0) is 24.2. The van der Waals surface area contributed by atoms with Gasteiger partial charge in [-0.25, -0.2) is 9.69 Å². The van der Waals surface area contributed by atoms with Gasteiger partial charge in [-0.15, -0.1) is 0 Å². The molecular formula is C25H18Cl2N2O5. The van der Waals surface area contributed by atoms with E-state index in [2.05, 4.69) is 5.32 Å². The average Bonchev–Trinajstić information content (AvgIpc) is 2.82. The fourth-order valence-corrected chi connectivity index (χ4v) is 3.63. The molecule has 34 heavy (non-hydrogen) atoms. The molecule has 0 aliphatic carbocycles. The van der Waals surface area contributed by atoms with Crippen molar-refractivity contribution in [2.75, 3.05) is 12.0 Å². The van der Waals surface area contributed by atoms with Crippen LogP contribution in [-0.4, -0.2) is 25.0 Å². The molecule has 0 unspecified atom stereocenters. The molecule has 172 valence electrons. The summed E-state index contributed by atoms with van der Waals surface area (Å²) < 4.78 is 11.3. The number of rotatable bonds is 6. The summed E-state index contributed by atoms with van der Waals surface area (Å²) in [5.74, 6) is -0.690. The minimum absolute atomic E-state index is 0.207. The van der Waals surface area contributed by atoms with E-state index < -0.39 is 17.8 Å². The van der Waals surface area contributed by atoms with Crippen molar-refractivity contribution in [2.45, 2.75) is 6.61 Å². The Kier molecular flexibility index (Phi) is 6.86. The maximum atomic E-state index is 13.0. The van der Waals surface area contributed by atoms with Crippen LogP contribution in [0.5, 0.6) is 11.5 Å². The van der Waals surface area contributed by atoms with Gasteiger partial charge in [0.05, 0.1) is 12.8 Å². The van der Waals surface area contributed by atoms with Crippen molar-refractivity contribution in [3.05, 3.63) is 93.5 Å². The molecule has 1 fully saturated rings. The summed E-state index contributed by atoms with van der Waals surface area (Å²) in [7, 11) is 1.48. The molecule has 4 amide bonds. The summed E-state index contributed by atoms with van der Waals surface area (Å²) in [5, 5.41) is 3.22. The van der Waals surface area contributed by atoms with Gasteiger partial charge >= 0.3 is 6.03 Å². The first-order chi connectivity index (χ1) is 16.4. The molecule has 3 aromatic carbocycles. The highest BCUT2D eigenvalue weighted by Gasteiger charge is 2.36. The number of amides is 4. The molecule has 0 spiro atoms. The van der Waals surface area contributed by atoms with Crippen LogP contribution in [0.25, 0.3) is 6.08 Å². The quantitative estimate of drug-likeness (QED) is 0.372. The van der Waals surface area contributed by atoms with Crippen LogP contribution < -0.4 is 19.7 Å². The van der Waals surface area contributed by atoms with Crippen LogP contribution in [0.4, 0.5) is 10.5 Å². The fourth-order valence-electron chi connectivity index (χ4n) is 3.31. The molecule has 0 aromatic heterocycles. The number of nitrogens with one attached hydrogen (secondary N) is 1. The van der Waals surface area contributed by atoms with Gasteiger partial charge in [0.25, 0.3) is 11.8 Å². The first kappa shape index (κ1) is 23.4. The van der Waals surface area contributed by atoms with Crippen molar-refractivity contribution in [3.8, 4) is 11.5 Å². The molecule has 0 bridgehead atoms. The number of benzene rings is 3. The van der Waals surface area contributed by atoms with Gasteiger partial charge in [0.15, 0.2) is 11.5 Å². The van der Waals surface area contributed by atoms with Gasteiger partial charge in [0.1, 0.15) is 12.2 Å². The number of halogens is 2. The Bertz CT molecular complexity index is 1300. The van der Waals surface area contributed by atoms with Gasteiger partial charge in [-0.1, -0.05) is 47.5 Å². The van der Waals surface area contributed by atoms with Crippen molar-refractivity contribution in [1.82, 2.24) is 5.32 Å². The van der Waals surface area contributed by atoms with Gasteiger partial charge in [0.2, 0.25) is 0 Å². The Balaban J connectivity index is 1.60. The molecule has 1 N–H and O–H groups in total. The molecule has 1 aliphatic rings. The third-order valence-corrected chi connectivity index (χ3v) is 5.65. The Morgan fingerprint density at radius 2 is 1.68 bits per heavy atom. The van der Waals surface area contributed by atoms with E-state index in [0.717, 1.165) is 10.5 Å². The highest BCUT2D eigenvalue weighted by molar-refractivity contribution is 6.39. The lowest BCUT2D eigenvalue weighted by Crippen LogP contribution is -2.54. The second-order valence-corrected chi connectivity index (χ2v) is 8.07. The number of methoxy groups -OCH3 is 1. The summed E-state index contributed by atoms with van der Waals surface area (Å²) in [4.78, 5) is 38.6. The normalized spacial score (nSPS) is 14.9. The maximum absolute atomic E-state index is 13.0. The Morgan fingerprint density at radius 1 is 0.941 bits per heavy atom. The van der Waals surface area contributed by atoms with Crippen LogP contribution in [0, 0.1) is 0 Å². The number of hydrogen-bond donors (Lipinski definition) is 1. The molecular weight excluding hydrogens is 479 g/mol. The van der Waals surface area contributed by atoms with Crippen molar-refractivity contribution >= 4 is 52.8 Å². The van der Waals surface area contributed by atoms with E-state index in [-0.39, 0.29) is 17.9 Å². The molecule has 1 heterocycles. The Labute approximate surface area is 205 Å². The minimum Gasteiger partial charge on any atom is -0.493 e. The van der Waals surface area contributed by atoms with Crippen LogP contribution in [0.3, 0.4) is 0 Å². The van der Waals surface area contributed by atoms with Crippen LogP contribution >= 0.6 is 23.2 Å². The van der Waals surface area contributed by atoms with Gasteiger partial charge in [-0.2, -0.15) is 0 Å². The van der Waals surface area contributed by atoms with Crippen molar-refractivity contribution in [2.24, 2.45) is 0 Å². The number of carbonyl (C=O) groups excluding carboxylic acids is 3. The number of nitrogens with zero attached hydrogens (tertiary/aromatic N) is 1. The summed E-state index contributed by atoms with van der Waals surface area (Å²) in [5.41, 5.74) is 1.40. The Morgan fingerprint density at radius 3 is 2.38 bits per heavy atom. The second kappa shape index (κ2) is 9.99. The molecule has 0 radical (unpaired) electrons. The summed E-state index contributed by atoms with van der Waals surface area (Å²) in [6, 6.07) is 17.6. The van der Waals surface area contributed by atoms with Gasteiger partial charge in [-0.3, -0.25) is 14.9 Å². The number of hydrogen-bond acceptors (Lipinski definition) is 5. The average molecular weight is 497 g/mol. The molecule has 1 saturated heterocycles. The smallest absolute Gasteiger partial charge is 0.335 e. The lowest BCUT2D eigenvalue weighted by atomic mass is 10.1. The molecule has 7 nitrogen and oxygen atoms in total. The molecule has 0 saturated carbocycles. The van der Waals surface area contributed by atoms with Crippen LogP contribution in [0.15, 0.2) is 72.3 Å². The van der Waals surface area contributed by atoms with Crippen molar-refractivity contribution < 1.29 is 23.9 Å². The SMILES string of the molecule is COc1cc(/C=C2/C(=O)NC(=O)N(c3ccc(Cl)cc3)C2=O)ccc1OCc1ccccc1Cl. The third-order valence-electron chi connectivity index (χ3n) is 5.03. The first-order valence-corrected chi connectivity index (χ1v) is 10.8. The lowest BCUT2D eigenvalue weighted by Gasteiger charge is -2.26. The van der Waals surface area contributed by atoms with E-state index in [0.29, 0.717) is 27.1 Å². The second-order valence-electron chi connectivity index (χ2n) is 7.22. The highest BCUT2D eigenvalue weighted by atomic mass is 35.5. The monoisotopic (exact) mass is 496 g/mol. The third kappa shape index (κ3) is 4.90. The summed E-state index contributed by atoms with van der Waals surface area (Å²) >= 11 is 12.1. The van der Waals surface area contributed by atoms with Crippen molar-refractivity contribution in [1.29, 1.82) is 0 Å². The summed E-state index contributed by atoms with van der Waals surface area (Å²) in [6.07, 6.45) is 1.38. The van der Waals surface area contributed by atoms with Gasteiger partial charge in [-0.05, 0) is 54.1 Å². The first-order valence-electron chi connectivity index (χ1n) is 10.1. The van der Waals surface area contributed by atoms with Crippen LogP contribution in [0.1, 0.15) is 11.1 Å². The van der Waals surface area contributed by atoms with E-state index in [1.807, 2.05) is 18.2 Å². The predicted molar refractivity (Wildman–Crippen MR) is 129 cm³/mol. The van der Waals surface area contributed by atoms with E-state index in [4.69, 9.17) is 32.7 Å². The topological polar surface area (TPSA) is 84.9 Å². The van der Waals surface area contributed by atoms with E-state index >= 15 is 0 Å². The van der Waals surface area contributed by atoms with Crippen LogP contribution in [-0.2, 0) is 16.2 Å². The molecule has 4 rings (SSSR count). The zero-order valence-corrected chi connectivity index (χ0v) is 19.4. The van der Waals surface area contributed by atoms with E-state index in [1.54, 1.807) is 36.4 Å². The molecule has 3 aromatic rings. The summed E-state index contributed by atoms with van der Waals surface area (Å²) in [6.45, 7) is 0.232. The maximum Gasteiger partial charge on any atom is 0.335 e. The predicted octanol–water partition coefficient (Wildman–Crippen LogP) is 5.25. The van der Waals surface area contributed by atoms with Gasteiger partial charge < -0.3 is 9.47 Å². The Hall–Kier alpha value is -3.81. The molecule has 1 aliphatic heterocycles. The van der Waals surface area contributed by atoms with E-state index in [9.17, 15) is 14.4 Å². The van der Waals surface area contributed by atoms with E-state index in [1.165, 1.54) is 25.3 Å². The van der Waals surface area contributed by atoms with Crippen LogP contribution in [0.2, 0.25) is 10.0 Å². The minimum atomic E-state index is -0.838. The zero-order valence-electron chi connectivity index (χ0n) is 17.9. The molecule has 9 heteroatoms.